The molecule has 0 radical (unpaired) electrons. The molecule has 8 nitrogen and oxygen atoms in total. The van der Waals surface area contributed by atoms with E-state index in [1.54, 1.807) is 0 Å². The average molecular weight is 309 g/mol. The number of nitrogens with two attached hydrogens (primary N) is 1. The number of ether oxygens (including phenoxy) is 1. The van der Waals surface area contributed by atoms with E-state index in [0.29, 0.717) is 23.7 Å². The van der Waals surface area contributed by atoms with Crippen LogP contribution in [0, 0.1) is 11.3 Å². The van der Waals surface area contributed by atoms with Crippen molar-refractivity contribution in [3.8, 4) is 23.2 Å². The number of benzene rings is 1. The summed E-state index contributed by atoms with van der Waals surface area (Å²) in [4.78, 5) is 24.5. The number of amides is 1. The van der Waals surface area contributed by atoms with Crippen LogP contribution in [0.15, 0.2) is 29.4 Å². The third-order valence-corrected chi connectivity index (χ3v) is 3.11. The molecule has 1 heterocycles. The van der Waals surface area contributed by atoms with Crippen molar-refractivity contribution in [2.45, 2.75) is 6.92 Å². The van der Waals surface area contributed by atoms with Gasteiger partial charge in [0.2, 0.25) is 5.69 Å². The molecule has 8 heteroatoms. The van der Waals surface area contributed by atoms with Gasteiger partial charge in [-0.2, -0.15) is 5.26 Å². The Hall–Kier alpha value is -3.47. The molecule has 0 unspecified atom stereocenters. The monoisotopic (exact) mass is 309 g/mol. The van der Waals surface area contributed by atoms with Gasteiger partial charge in [0, 0.05) is 11.1 Å². The predicted molar refractivity (Wildman–Crippen MR) is 79.7 cm³/mol. The summed E-state index contributed by atoms with van der Waals surface area (Å²) in [6.45, 7) is 2.20. The second-order valence-electron chi connectivity index (χ2n) is 4.51. The van der Waals surface area contributed by atoms with Gasteiger partial charge >= 0.3 is 6.09 Å². The molecule has 1 aliphatic carbocycles. The first kappa shape index (κ1) is 14.5. The Morgan fingerprint density at radius 1 is 1.30 bits per heavy atom. The van der Waals surface area contributed by atoms with E-state index in [1.807, 2.05) is 37.3 Å². The van der Waals surface area contributed by atoms with Gasteiger partial charge in [-0.05, 0) is 6.92 Å². The van der Waals surface area contributed by atoms with Gasteiger partial charge in [-0.25, -0.2) is 14.8 Å². The number of carbonyl (C=O) groups excluding carboxylic acids is 1. The SMILES string of the molecule is CCON=C1c2ccccc2-c2nc(OC(N)=O)c(C#N)nc21. The van der Waals surface area contributed by atoms with Crippen LogP contribution in [0.25, 0.3) is 11.3 Å². The molecule has 0 fully saturated rings. The maximum Gasteiger partial charge on any atom is 0.411 e. The maximum absolute atomic E-state index is 11.0. The third kappa shape index (κ3) is 2.44. The zero-order valence-electron chi connectivity index (χ0n) is 12.1. The quantitative estimate of drug-likeness (QED) is 0.732. The van der Waals surface area contributed by atoms with Gasteiger partial charge in [0.1, 0.15) is 29.8 Å². The van der Waals surface area contributed by atoms with Crippen LogP contribution in [0.1, 0.15) is 23.9 Å². The van der Waals surface area contributed by atoms with Crippen LogP contribution in [0.4, 0.5) is 4.79 Å². The molecule has 0 bridgehead atoms. The summed E-state index contributed by atoms with van der Waals surface area (Å²) in [5.41, 5.74) is 7.70. The van der Waals surface area contributed by atoms with Crippen LogP contribution in [0.5, 0.6) is 5.88 Å². The highest BCUT2D eigenvalue weighted by Gasteiger charge is 2.31. The number of hydrogen-bond acceptors (Lipinski definition) is 7. The minimum absolute atomic E-state index is 0.153. The summed E-state index contributed by atoms with van der Waals surface area (Å²) >= 11 is 0. The van der Waals surface area contributed by atoms with Crippen molar-refractivity contribution in [2.75, 3.05) is 6.61 Å². The number of fused-ring (bicyclic) bond motifs is 3. The van der Waals surface area contributed by atoms with Crippen LogP contribution in [0.2, 0.25) is 0 Å². The number of rotatable bonds is 3. The van der Waals surface area contributed by atoms with Crippen LogP contribution in [0.3, 0.4) is 0 Å². The molecule has 0 spiro atoms. The summed E-state index contributed by atoms with van der Waals surface area (Å²) in [7, 11) is 0. The molecule has 3 rings (SSSR count). The summed E-state index contributed by atoms with van der Waals surface area (Å²) in [5.74, 6) is -0.230. The fraction of sp³-hybridized carbons (Fsp3) is 0.133. The Balaban J connectivity index is 2.24. The Kier molecular flexibility index (Phi) is 3.60. The van der Waals surface area contributed by atoms with E-state index in [1.165, 1.54) is 0 Å². The van der Waals surface area contributed by atoms with E-state index in [9.17, 15) is 10.1 Å². The smallest absolute Gasteiger partial charge is 0.396 e. The first-order valence-electron chi connectivity index (χ1n) is 6.75. The minimum atomic E-state index is -1.06. The van der Waals surface area contributed by atoms with Crippen LogP contribution in [-0.2, 0) is 4.84 Å². The number of primary amides is 1. The third-order valence-electron chi connectivity index (χ3n) is 3.11. The summed E-state index contributed by atoms with van der Waals surface area (Å²) in [6.07, 6.45) is -1.06. The molecule has 1 aliphatic rings. The van der Waals surface area contributed by atoms with E-state index < -0.39 is 6.09 Å². The number of aromatic nitrogens is 2. The summed E-state index contributed by atoms with van der Waals surface area (Å²) in [5, 5.41) is 13.2. The van der Waals surface area contributed by atoms with E-state index in [-0.39, 0.29) is 11.6 Å². The Bertz CT molecular complexity index is 870. The lowest BCUT2D eigenvalue weighted by molar-refractivity contribution is 0.159. The van der Waals surface area contributed by atoms with Gasteiger partial charge in [0.15, 0.2) is 0 Å². The van der Waals surface area contributed by atoms with E-state index in [4.69, 9.17) is 15.3 Å². The molecule has 2 N–H and O–H groups in total. The van der Waals surface area contributed by atoms with Crippen LogP contribution < -0.4 is 10.5 Å². The number of nitrogens with zero attached hydrogens (tertiary/aromatic N) is 4. The van der Waals surface area contributed by atoms with Crippen LogP contribution in [-0.4, -0.2) is 28.4 Å². The summed E-state index contributed by atoms with van der Waals surface area (Å²) < 4.78 is 4.76. The molecule has 0 atom stereocenters. The lowest BCUT2D eigenvalue weighted by Gasteiger charge is -2.05. The number of nitriles is 1. The van der Waals surface area contributed by atoms with Gasteiger partial charge in [0.25, 0.3) is 5.88 Å². The second-order valence-corrected chi connectivity index (χ2v) is 4.51. The molecule has 0 aliphatic heterocycles. The second kappa shape index (κ2) is 5.73. The Morgan fingerprint density at radius 3 is 2.70 bits per heavy atom. The number of oxime groups is 1. The molecule has 1 aromatic heterocycles. The maximum atomic E-state index is 11.0. The highest BCUT2D eigenvalue weighted by atomic mass is 16.6. The summed E-state index contributed by atoms with van der Waals surface area (Å²) in [6, 6.07) is 9.19. The minimum Gasteiger partial charge on any atom is -0.396 e. The van der Waals surface area contributed by atoms with Crippen molar-refractivity contribution in [3.63, 3.8) is 0 Å². The van der Waals surface area contributed by atoms with Crippen molar-refractivity contribution in [1.29, 1.82) is 5.26 Å². The Morgan fingerprint density at radius 2 is 2.04 bits per heavy atom. The van der Waals surface area contributed by atoms with E-state index >= 15 is 0 Å². The molecule has 0 saturated carbocycles. The Labute approximate surface area is 131 Å². The number of carbonyl (C=O) groups is 1. The number of hydrogen-bond donors (Lipinski definition) is 1. The molecule has 0 saturated heterocycles. The fourth-order valence-electron chi connectivity index (χ4n) is 2.26. The topological polar surface area (TPSA) is 123 Å². The molecule has 2 aromatic rings. The lowest BCUT2D eigenvalue weighted by Crippen LogP contribution is -2.18. The normalized spacial score (nSPS) is 13.1. The van der Waals surface area contributed by atoms with Crippen molar-refractivity contribution >= 4 is 11.8 Å². The standard InChI is InChI=1S/C15H11N5O3/c1-2-22-20-12-9-6-4-3-5-8(9)11-13(12)18-10(7-16)14(19-11)23-15(17)21/h3-6H,2H2,1H3,(H2,17,21). The molecule has 1 aromatic carbocycles. The lowest BCUT2D eigenvalue weighted by atomic mass is 10.1. The highest BCUT2D eigenvalue weighted by Crippen LogP contribution is 2.36. The van der Waals surface area contributed by atoms with Crippen molar-refractivity contribution in [1.82, 2.24) is 9.97 Å². The fourth-order valence-corrected chi connectivity index (χ4v) is 2.26. The van der Waals surface area contributed by atoms with Crippen LogP contribution >= 0.6 is 0 Å². The molecular weight excluding hydrogens is 298 g/mol. The molecule has 1 amide bonds. The average Bonchev–Trinajstić information content (AvgIpc) is 2.85. The van der Waals surface area contributed by atoms with Gasteiger partial charge in [-0.1, -0.05) is 29.4 Å². The van der Waals surface area contributed by atoms with E-state index in [0.717, 1.165) is 11.1 Å². The van der Waals surface area contributed by atoms with Gasteiger partial charge in [-0.15, -0.1) is 0 Å². The molecular formula is C15H11N5O3. The first-order chi connectivity index (χ1) is 11.2. The zero-order valence-corrected chi connectivity index (χ0v) is 12.1. The van der Waals surface area contributed by atoms with Crippen molar-refractivity contribution < 1.29 is 14.4 Å². The largest absolute Gasteiger partial charge is 0.411 e. The predicted octanol–water partition coefficient (Wildman–Crippen LogP) is 1.58. The first-order valence-corrected chi connectivity index (χ1v) is 6.75. The van der Waals surface area contributed by atoms with E-state index in [2.05, 4.69) is 15.1 Å². The zero-order chi connectivity index (χ0) is 16.4. The van der Waals surface area contributed by atoms with Gasteiger partial charge < -0.3 is 15.3 Å². The van der Waals surface area contributed by atoms with Gasteiger partial charge in [-0.3, -0.25) is 0 Å². The highest BCUT2D eigenvalue weighted by molar-refractivity contribution is 6.22. The van der Waals surface area contributed by atoms with Crippen molar-refractivity contribution in [2.24, 2.45) is 10.9 Å². The molecule has 23 heavy (non-hydrogen) atoms. The van der Waals surface area contributed by atoms with Gasteiger partial charge in [0.05, 0.1) is 0 Å². The van der Waals surface area contributed by atoms with Crippen molar-refractivity contribution in [3.05, 3.63) is 41.2 Å². The molecule has 114 valence electrons.